The number of carbonyl (C=O) groups excluding carboxylic acids is 1. The third-order valence-corrected chi connectivity index (χ3v) is 4.39. The molecule has 0 aliphatic heterocycles. The van der Waals surface area contributed by atoms with Crippen molar-refractivity contribution in [2.45, 2.75) is 4.90 Å². The lowest BCUT2D eigenvalue weighted by Gasteiger charge is -2.10. The van der Waals surface area contributed by atoms with Crippen LogP contribution in [0, 0.1) is 0 Å². The maximum absolute atomic E-state index is 12.0. The Hall–Kier alpha value is -1.22. The highest BCUT2D eigenvalue weighted by Gasteiger charge is 2.21. The van der Waals surface area contributed by atoms with Gasteiger partial charge in [0, 0.05) is 18.8 Å². The predicted octanol–water partition coefficient (Wildman–Crippen LogP) is 0.522. The van der Waals surface area contributed by atoms with Gasteiger partial charge in [0.25, 0.3) is 0 Å². The number of carbonyl (C=O) groups is 1. The van der Waals surface area contributed by atoms with E-state index in [-0.39, 0.29) is 33.7 Å². The average Bonchev–Trinajstić information content (AvgIpc) is 2.22. The molecule has 1 rings (SSSR count). The fourth-order valence-electron chi connectivity index (χ4n) is 1.28. The Labute approximate surface area is 120 Å². The molecule has 0 fully saturated rings. The van der Waals surface area contributed by atoms with Crippen LogP contribution in [0.15, 0.2) is 17.0 Å². The van der Waals surface area contributed by atoms with Gasteiger partial charge < -0.3 is 16.8 Å². The number of sulfonamides is 1. The number of primary amides is 1. The molecule has 0 unspecified atom stereocenters. The molecule has 106 valence electrons. The van der Waals surface area contributed by atoms with Gasteiger partial charge in [0.05, 0.1) is 10.0 Å². The SMILES string of the molecule is NC(=O)NCCNS(=O)(=O)c1c(Cl)cc(N)cc1Cl. The minimum absolute atomic E-state index is 0.0405. The molecule has 10 heteroatoms. The summed E-state index contributed by atoms with van der Waals surface area (Å²) in [6.45, 7) is -0.0128. The molecular formula is C9H12Cl2N4O3S. The minimum Gasteiger partial charge on any atom is -0.399 e. The molecule has 19 heavy (non-hydrogen) atoms. The summed E-state index contributed by atoms with van der Waals surface area (Å²) >= 11 is 11.6. The molecule has 1 aromatic carbocycles. The third-order valence-electron chi connectivity index (χ3n) is 2.01. The van der Waals surface area contributed by atoms with Crippen molar-refractivity contribution in [3.8, 4) is 0 Å². The molecule has 0 radical (unpaired) electrons. The molecular weight excluding hydrogens is 315 g/mol. The number of urea groups is 1. The van der Waals surface area contributed by atoms with E-state index in [0.717, 1.165) is 0 Å². The lowest BCUT2D eigenvalue weighted by atomic mass is 10.3. The molecule has 0 heterocycles. The van der Waals surface area contributed by atoms with Crippen molar-refractivity contribution < 1.29 is 13.2 Å². The minimum atomic E-state index is -3.90. The molecule has 2 amide bonds. The van der Waals surface area contributed by atoms with Gasteiger partial charge in [0.2, 0.25) is 10.0 Å². The molecule has 0 aliphatic carbocycles. The van der Waals surface area contributed by atoms with Crippen LogP contribution in [0.3, 0.4) is 0 Å². The van der Waals surface area contributed by atoms with Crippen molar-refractivity contribution in [1.29, 1.82) is 0 Å². The highest BCUT2D eigenvalue weighted by atomic mass is 35.5. The van der Waals surface area contributed by atoms with Crippen LogP contribution < -0.4 is 21.5 Å². The Kier molecular flexibility index (Phi) is 5.24. The van der Waals surface area contributed by atoms with Gasteiger partial charge in [0.1, 0.15) is 4.90 Å². The number of hydrogen-bond acceptors (Lipinski definition) is 4. The Morgan fingerprint density at radius 2 is 1.74 bits per heavy atom. The van der Waals surface area contributed by atoms with Crippen LogP contribution in [0.1, 0.15) is 0 Å². The smallest absolute Gasteiger partial charge is 0.312 e. The van der Waals surface area contributed by atoms with Crippen LogP contribution >= 0.6 is 23.2 Å². The Balaban J connectivity index is 2.86. The van der Waals surface area contributed by atoms with Gasteiger partial charge >= 0.3 is 6.03 Å². The van der Waals surface area contributed by atoms with Crippen molar-refractivity contribution in [3.05, 3.63) is 22.2 Å². The maximum Gasteiger partial charge on any atom is 0.312 e. The van der Waals surface area contributed by atoms with Crippen LogP contribution in [-0.4, -0.2) is 27.5 Å². The molecule has 0 bridgehead atoms. The zero-order valence-electron chi connectivity index (χ0n) is 9.61. The number of nitrogen functional groups attached to an aromatic ring is 1. The molecule has 0 spiro atoms. The van der Waals surface area contributed by atoms with Crippen LogP contribution in [-0.2, 0) is 10.0 Å². The lowest BCUT2D eigenvalue weighted by Crippen LogP contribution is -2.37. The molecule has 0 atom stereocenters. The van der Waals surface area contributed by atoms with Gasteiger partial charge in [-0.2, -0.15) is 0 Å². The molecule has 0 saturated heterocycles. The number of nitrogens with two attached hydrogens (primary N) is 2. The summed E-state index contributed by atoms with van der Waals surface area (Å²) in [6.07, 6.45) is 0. The lowest BCUT2D eigenvalue weighted by molar-refractivity contribution is 0.249. The fraction of sp³-hybridized carbons (Fsp3) is 0.222. The van der Waals surface area contributed by atoms with Crippen molar-refractivity contribution in [2.24, 2.45) is 5.73 Å². The zero-order valence-corrected chi connectivity index (χ0v) is 11.9. The first-order valence-corrected chi connectivity index (χ1v) is 7.25. The summed E-state index contributed by atoms with van der Waals surface area (Å²) in [6, 6.07) is 1.82. The Morgan fingerprint density at radius 3 is 2.21 bits per heavy atom. The normalized spacial score (nSPS) is 11.3. The number of hydrogen-bond donors (Lipinski definition) is 4. The van der Waals surface area contributed by atoms with Crippen molar-refractivity contribution >= 4 is 44.9 Å². The highest BCUT2D eigenvalue weighted by molar-refractivity contribution is 7.89. The van der Waals surface area contributed by atoms with E-state index in [1.54, 1.807) is 0 Å². The summed E-state index contributed by atoms with van der Waals surface area (Å²) in [4.78, 5) is 10.2. The third kappa shape index (κ3) is 4.43. The number of benzene rings is 1. The van der Waals surface area contributed by atoms with Crippen LogP contribution in [0.2, 0.25) is 10.0 Å². The highest BCUT2D eigenvalue weighted by Crippen LogP contribution is 2.31. The summed E-state index contributed by atoms with van der Waals surface area (Å²) < 4.78 is 26.2. The number of nitrogens with one attached hydrogen (secondary N) is 2. The molecule has 0 aromatic heterocycles. The van der Waals surface area contributed by atoms with E-state index in [1.165, 1.54) is 12.1 Å². The van der Waals surface area contributed by atoms with Crippen molar-refractivity contribution in [1.82, 2.24) is 10.0 Å². The van der Waals surface area contributed by atoms with Crippen LogP contribution in [0.5, 0.6) is 0 Å². The van der Waals surface area contributed by atoms with E-state index in [2.05, 4.69) is 10.0 Å². The monoisotopic (exact) mass is 326 g/mol. The first kappa shape index (κ1) is 15.8. The first-order valence-electron chi connectivity index (χ1n) is 5.01. The van der Waals surface area contributed by atoms with Crippen LogP contribution in [0.25, 0.3) is 0 Å². The van der Waals surface area contributed by atoms with E-state index < -0.39 is 16.1 Å². The van der Waals surface area contributed by atoms with E-state index in [0.29, 0.717) is 0 Å². The van der Waals surface area contributed by atoms with Crippen molar-refractivity contribution in [2.75, 3.05) is 18.8 Å². The molecule has 7 nitrogen and oxygen atoms in total. The van der Waals surface area contributed by atoms with E-state index in [9.17, 15) is 13.2 Å². The van der Waals surface area contributed by atoms with E-state index in [4.69, 9.17) is 34.7 Å². The molecule has 0 aliphatic rings. The quantitative estimate of drug-likeness (QED) is 0.464. The molecule has 0 saturated carbocycles. The maximum atomic E-state index is 12.0. The van der Waals surface area contributed by atoms with Gasteiger partial charge in [-0.3, -0.25) is 0 Å². The Bertz CT molecular complexity index is 568. The number of amides is 2. The van der Waals surface area contributed by atoms with Crippen molar-refractivity contribution in [3.63, 3.8) is 0 Å². The summed E-state index contributed by atoms with van der Waals surface area (Å²) in [7, 11) is -3.90. The number of rotatable bonds is 5. The second-order valence-corrected chi connectivity index (χ2v) is 6.02. The zero-order chi connectivity index (χ0) is 14.6. The van der Waals surface area contributed by atoms with E-state index in [1.807, 2.05) is 0 Å². The van der Waals surface area contributed by atoms with Gasteiger partial charge in [-0.25, -0.2) is 17.9 Å². The van der Waals surface area contributed by atoms with E-state index >= 15 is 0 Å². The summed E-state index contributed by atoms with van der Waals surface area (Å²) in [5, 5.41) is 2.07. The van der Waals surface area contributed by atoms with Gasteiger partial charge in [-0.15, -0.1) is 0 Å². The molecule has 1 aromatic rings. The number of anilines is 1. The van der Waals surface area contributed by atoms with Gasteiger partial charge in [-0.05, 0) is 12.1 Å². The second-order valence-electron chi connectivity index (χ2n) is 3.50. The van der Waals surface area contributed by atoms with Crippen LogP contribution in [0.4, 0.5) is 10.5 Å². The topological polar surface area (TPSA) is 127 Å². The molecule has 6 N–H and O–H groups in total. The largest absolute Gasteiger partial charge is 0.399 e. The predicted molar refractivity (Wildman–Crippen MR) is 73.6 cm³/mol. The standard InChI is InChI=1S/C9H12Cl2N4O3S/c10-6-3-5(12)4-7(11)8(6)19(17,18)15-2-1-14-9(13)16/h3-4,15H,1-2,12H2,(H3,13,14,16). The van der Waals surface area contributed by atoms with Gasteiger partial charge in [-0.1, -0.05) is 23.2 Å². The fourth-order valence-corrected chi connectivity index (χ4v) is 3.54. The Morgan fingerprint density at radius 1 is 1.21 bits per heavy atom. The van der Waals surface area contributed by atoms with Gasteiger partial charge in [0.15, 0.2) is 0 Å². The average molecular weight is 327 g/mol. The summed E-state index contributed by atoms with van der Waals surface area (Å²) in [5.74, 6) is 0. The first-order chi connectivity index (χ1) is 8.74. The number of halogens is 2. The summed E-state index contributed by atoms with van der Waals surface area (Å²) in [5.41, 5.74) is 10.6. The second kappa shape index (κ2) is 6.29.